The number of hydrogen-bond donors (Lipinski definition) is 0. The Bertz CT molecular complexity index is 711. The van der Waals surface area contributed by atoms with E-state index in [2.05, 4.69) is 50.2 Å². The fourth-order valence-electron chi connectivity index (χ4n) is 4.95. The van der Waals surface area contributed by atoms with Crippen LogP contribution < -0.4 is 4.74 Å². The molecule has 1 fully saturated rings. The molecule has 0 unspecified atom stereocenters. The molecule has 0 aromatic heterocycles. The van der Waals surface area contributed by atoms with Crippen molar-refractivity contribution < 1.29 is 4.74 Å². The molecule has 0 saturated heterocycles. The quantitative estimate of drug-likeness (QED) is 0.326. The van der Waals surface area contributed by atoms with Gasteiger partial charge in [0.1, 0.15) is 5.75 Å². The number of hydrogen-bond acceptors (Lipinski definition) is 1. The maximum Gasteiger partial charge on any atom is 0.119 e. The van der Waals surface area contributed by atoms with E-state index in [1.165, 1.54) is 87.8 Å². The normalized spacial score (nSPS) is 19.5. The molecule has 0 heterocycles. The molecule has 2 aromatic rings. The zero-order valence-electron chi connectivity index (χ0n) is 18.9. The molecule has 160 valence electrons. The summed E-state index contributed by atoms with van der Waals surface area (Å²) in [7, 11) is 0. The lowest BCUT2D eigenvalue weighted by atomic mass is 9.77. The van der Waals surface area contributed by atoms with E-state index in [0.29, 0.717) is 0 Å². The van der Waals surface area contributed by atoms with Crippen molar-refractivity contribution in [3.63, 3.8) is 0 Å². The SMILES string of the molecule is CCCCCCOc1ccc2cc(C3CCC(CCCCCC)CC3)ccc2c1. The van der Waals surface area contributed by atoms with E-state index in [1.54, 1.807) is 5.56 Å². The minimum absolute atomic E-state index is 0.765. The van der Waals surface area contributed by atoms with E-state index in [1.807, 2.05) is 0 Å². The van der Waals surface area contributed by atoms with Gasteiger partial charge in [0, 0.05) is 0 Å². The first kappa shape index (κ1) is 22.2. The first-order valence-corrected chi connectivity index (χ1v) is 12.5. The Balaban J connectivity index is 1.49. The van der Waals surface area contributed by atoms with Crippen molar-refractivity contribution in [2.75, 3.05) is 6.61 Å². The molecule has 0 spiro atoms. The van der Waals surface area contributed by atoms with Crippen LogP contribution in [0.2, 0.25) is 0 Å². The zero-order valence-corrected chi connectivity index (χ0v) is 18.9. The molecule has 0 aliphatic heterocycles. The van der Waals surface area contributed by atoms with Crippen molar-refractivity contribution in [2.24, 2.45) is 5.92 Å². The summed E-state index contributed by atoms with van der Waals surface area (Å²) in [5.41, 5.74) is 1.55. The van der Waals surface area contributed by atoms with Crippen molar-refractivity contribution in [3.05, 3.63) is 42.0 Å². The van der Waals surface area contributed by atoms with Crippen LogP contribution in [0.4, 0.5) is 0 Å². The third-order valence-electron chi connectivity index (χ3n) is 6.89. The Morgan fingerprint density at radius 1 is 0.724 bits per heavy atom. The lowest BCUT2D eigenvalue weighted by molar-refractivity contribution is 0.302. The second kappa shape index (κ2) is 12.3. The average Bonchev–Trinajstić information content (AvgIpc) is 2.76. The molecule has 1 saturated carbocycles. The molecule has 0 atom stereocenters. The Morgan fingerprint density at radius 2 is 1.41 bits per heavy atom. The third kappa shape index (κ3) is 7.05. The summed E-state index contributed by atoms with van der Waals surface area (Å²) in [6.45, 7) is 5.39. The highest BCUT2D eigenvalue weighted by Crippen LogP contribution is 2.38. The second-order valence-corrected chi connectivity index (χ2v) is 9.24. The van der Waals surface area contributed by atoms with Crippen LogP contribution in [-0.4, -0.2) is 6.61 Å². The Hall–Kier alpha value is -1.50. The lowest BCUT2D eigenvalue weighted by Gasteiger charge is -2.29. The van der Waals surface area contributed by atoms with E-state index >= 15 is 0 Å². The largest absolute Gasteiger partial charge is 0.494 e. The molecule has 0 amide bonds. The molecular formula is C28H42O. The smallest absolute Gasteiger partial charge is 0.119 e. The van der Waals surface area contributed by atoms with Gasteiger partial charge in [0.15, 0.2) is 0 Å². The van der Waals surface area contributed by atoms with E-state index in [9.17, 15) is 0 Å². The minimum Gasteiger partial charge on any atom is -0.494 e. The van der Waals surface area contributed by atoms with Crippen molar-refractivity contribution in [2.45, 2.75) is 103 Å². The van der Waals surface area contributed by atoms with Crippen molar-refractivity contribution in [3.8, 4) is 5.75 Å². The van der Waals surface area contributed by atoms with E-state index in [-0.39, 0.29) is 0 Å². The number of ether oxygens (including phenoxy) is 1. The summed E-state index contributed by atoms with van der Waals surface area (Å²) in [5.74, 6) is 2.77. The van der Waals surface area contributed by atoms with Crippen LogP contribution in [-0.2, 0) is 0 Å². The molecule has 2 aromatic carbocycles. The first-order valence-electron chi connectivity index (χ1n) is 12.5. The Morgan fingerprint density at radius 3 is 2.17 bits per heavy atom. The van der Waals surface area contributed by atoms with E-state index in [0.717, 1.165) is 30.6 Å². The molecule has 1 aliphatic rings. The van der Waals surface area contributed by atoms with Gasteiger partial charge in [-0.1, -0.05) is 89.5 Å². The average molecular weight is 395 g/mol. The maximum absolute atomic E-state index is 5.97. The van der Waals surface area contributed by atoms with Gasteiger partial charge < -0.3 is 4.74 Å². The number of rotatable bonds is 12. The fourth-order valence-corrected chi connectivity index (χ4v) is 4.95. The van der Waals surface area contributed by atoms with Gasteiger partial charge >= 0.3 is 0 Å². The molecule has 29 heavy (non-hydrogen) atoms. The molecule has 1 nitrogen and oxygen atoms in total. The monoisotopic (exact) mass is 394 g/mol. The standard InChI is InChI=1S/C28H42O/c1-3-5-7-9-11-23-12-14-24(15-13-23)25-16-17-27-22-28(19-18-26(27)21-25)29-20-10-8-6-4-2/h16-19,21-24H,3-15,20H2,1-2H3. The molecule has 3 rings (SSSR count). The van der Waals surface area contributed by atoms with Gasteiger partial charge in [-0.25, -0.2) is 0 Å². The Kier molecular flexibility index (Phi) is 9.38. The third-order valence-corrected chi connectivity index (χ3v) is 6.89. The fraction of sp³-hybridized carbons (Fsp3) is 0.643. The van der Waals surface area contributed by atoms with Gasteiger partial charge in [-0.05, 0) is 72.4 Å². The number of fused-ring (bicyclic) bond motifs is 1. The molecule has 1 aliphatic carbocycles. The molecule has 0 radical (unpaired) electrons. The van der Waals surface area contributed by atoms with E-state index < -0.39 is 0 Å². The van der Waals surface area contributed by atoms with Crippen molar-refractivity contribution in [1.29, 1.82) is 0 Å². The summed E-state index contributed by atoms with van der Waals surface area (Å²) in [4.78, 5) is 0. The Labute approximate surface area is 179 Å². The highest BCUT2D eigenvalue weighted by Gasteiger charge is 2.22. The van der Waals surface area contributed by atoms with Gasteiger partial charge in [-0.2, -0.15) is 0 Å². The summed E-state index contributed by atoms with van der Waals surface area (Å²) >= 11 is 0. The summed E-state index contributed by atoms with van der Waals surface area (Å²) in [6, 6.07) is 13.7. The van der Waals surface area contributed by atoms with Crippen molar-refractivity contribution >= 4 is 10.8 Å². The van der Waals surface area contributed by atoms with E-state index in [4.69, 9.17) is 4.74 Å². The molecular weight excluding hydrogens is 352 g/mol. The second-order valence-electron chi connectivity index (χ2n) is 9.24. The number of unbranched alkanes of at least 4 members (excludes halogenated alkanes) is 6. The summed E-state index contributed by atoms with van der Waals surface area (Å²) in [5, 5.41) is 2.67. The van der Waals surface area contributed by atoms with Crippen molar-refractivity contribution in [1.82, 2.24) is 0 Å². The highest BCUT2D eigenvalue weighted by molar-refractivity contribution is 5.84. The molecule has 0 N–H and O–H groups in total. The van der Waals surface area contributed by atoms with Gasteiger partial charge in [-0.3, -0.25) is 0 Å². The van der Waals surface area contributed by atoms with Crippen LogP contribution in [0.25, 0.3) is 10.8 Å². The topological polar surface area (TPSA) is 9.23 Å². The molecule has 1 heteroatoms. The molecule has 0 bridgehead atoms. The maximum atomic E-state index is 5.97. The lowest BCUT2D eigenvalue weighted by Crippen LogP contribution is -2.13. The minimum atomic E-state index is 0.765. The van der Waals surface area contributed by atoms with Crippen LogP contribution in [0, 0.1) is 5.92 Å². The van der Waals surface area contributed by atoms with Gasteiger partial charge in [-0.15, -0.1) is 0 Å². The predicted octanol–water partition coefficient (Wildman–Crippen LogP) is 9.04. The van der Waals surface area contributed by atoms with Gasteiger partial charge in [0.2, 0.25) is 0 Å². The highest BCUT2D eigenvalue weighted by atomic mass is 16.5. The van der Waals surface area contributed by atoms with Crippen LogP contribution >= 0.6 is 0 Å². The van der Waals surface area contributed by atoms with Crippen LogP contribution in [0.15, 0.2) is 36.4 Å². The van der Waals surface area contributed by atoms with Gasteiger partial charge in [0.25, 0.3) is 0 Å². The summed E-state index contributed by atoms with van der Waals surface area (Å²) < 4.78 is 5.97. The number of benzene rings is 2. The first-order chi connectivity index (χ1) is 14.3. The van der Waals surface area contributed by atoms with Crippen LogP contribution in [0.1, 0.15) is 109 Å². The summed E-state index contributed by atoms with van der Waals surface area (Å²) in [6.07, 6.45) is 17.7. The zero-order chi connectivity index (χ0) is 20.3. The van der Waals surface area contributed by atoms with Crippen LogP contribution in [0.3, 0.4) is 0 Å². The predicted molar refractivity (Wildman–Crippen MR) is 127 cm³/mol. The van der Waals surface area contributed by atoms with Crippen LogP contribution in [0.5, 0.6) is 5.75 Å². The van der Waals surface area contributed by atoms with Gasteiger partial charge in [0.05, 0.1) is 6.61 Å².